The number of nitrogens with zero attached hydrogens (tertiary/aromatic N) is 8. The molecule has 6 aromatic rings. The average molecular weight is 953 g/mol. The van der Waals surface area contributed by atoms with Crippen molar-refractivity contribution in [1.29, 1.82) is 0 Å². The Morgan fingerprint density at radius 3 is 1.92 bits per heavy atom. The number of likely N-dealkylation sites (tertiary alicyclic amines) is 1. The summed E-state index contributed by atoms with van der Waals surface area (Å²) in [6.45, 7) is 0.348. The molecule has 25 nitrogen and oxygen atoms in total. The van der Waals surface area contributed by atoms with E-state index in [2.05, 4.69) is 55.8 Å². The number of hydrogen-bond acceptors (Lipinski definition) is 17. The third-order valence-corrected chi connectivity index (χ3v) is 9.10. The molecule has 0 unspecified atom stereocenters. The van der Waals surface area contributed by atoms with Gasteiger partial charge >= 0.3 is 17.9 Å². The number of carboxylic acid groups (broad SMARTS) is 3. The number of nitrogens with one attached hydrogen (secondary N) is 4. The van der Waals surface area contributed by atoms with Gasteiger partial charge in [-0.25, -0.2) is 29.5 Å². The summed E-state index contributed by atoms with van der Waals surface area (Å²) in [6, 6.07) is 9.77. The molecule has 1 radical (unpaired) electrons. The second-order valence-electron chi connectivity index (χ2n) is 13.5. The van der Waals surface area contributed by atoms with Gasteiger partial charge in [-0.2, -0.15) is 9.97 Å². The molecule has 3 amide bonds. The number of benzene rings is 2. The van der Waals surface area contributed by atoms with Gasteiger partial charge in [-0.3, -0.25) is 43.6 Å². The molecule has 0 aliphatic carbocycles. The zero-order chi connectivity index (χ0) is 45.4. The molecule has 11 N–H and O–H groups in total. The Morgan fingerprint density at radius 1 is 0.797 bits per heavy atom. The van der Waals surface area contributed by atoms with Crippen LogP contribution in [0.15, 0.2) is 70.5 Å². The number of hydrogen-bond donors (Lipinski definition) is 9. The maximum atomic E-state index is 12.6. The van der Waals surface area contributed by atoms with Crippen molar-refractivity contribution in [3.63, 3.8) is 0 Å². The Labute approximate surface area is 383 Å². The Hall–Kier alpha value is -7.80. The van der Waals surface area contributed by atoms with E-state index in [1.807, 2.05) is 0 Å². The largest absolute Gasteiger partial charge is 0.679 e. The van der Waals surface area contributed by atoms with E-state index in [4.69, 9.17) is 21.7 Å². The predicted octanol–water partition coefficient (Wildman–Crippen LogP) is 0.669. The van der Waals surface area contributed by atoms with Gasteiger partial charge in [-0.15, -0.1) is 5.69 Å². The van der Waals surface area contributed by atoms with E-state index >= 15 is 0 Å². The smallest absolute Gasteiger partial charge is 0.326 e. The maximum Gasteiger partial charge on any atom is 0.326 e. The fourth-order valence-corrected chi connectivity index (χ4v) is 6.00. The molecule has 2 aromatic carbocycles. The van der Waals surface area contributed by atoms with Crippen LogP contribution in [0.2, 0.25) is 0 Å². The molecule has 1 aliphatic rings. The van der Waals surface area contributed by atoms with Crippen LogP contribution in [-0.4, -0.2) is 108 Å². The van der Waals surface area contributed by atoms with Gasteiger partial charge in [0.05, 0.1) is 18.4 Å². The fraction of sp³-hybridized carbons (Fsp3) is 0.211. The van der Waals surface area contributed by atoms with Gasteiger partial charge in [0, 0.05) is 74.3 Å². The number of fused-ring (bicyclic) bond motifs is 2. The van der Waals surface area contributed by atoms with E-state index < -0.39 is 58.8 Å². The van der Waals surface area contributed by atoms with Crippen molar-refractivity contribution in [2.24, 2.45) is 0 Å². The molecule has 0 spiro atoms. The van der Waals surface area contributed by atoms with Crippen molar-refractivity contribution >= 4 is 81.2 Å². The number of aromatic amines is 2. The van der Waals surface area contributed by atoms with E-state index in [0.717, 1.165) is 4.90 Å². The molecule has 4 aromatic heterocycles. The second kappa shape index (κ2) is 20.8. The molecule has 2 atom stereocenters. The molecular formula is C38H35N14O11Y-. The molecule has 7 rings (SSSR count). The molecule has 5 heterocycles. The molecule has 26 heteroatoms. The zero-order valence-electron chi connectivity index (χ0n) is 33.1. The number of carboxylic acids is 3. The van der Waals surface area contributed by atoms with Gasteiger partial charge in [0.1, 0.15) is 12.1 Å². The minimum Gasteiger partial charge on any atom is -0.679 e. The van der Waals surface area contributed by atoms with Crippen LogP contribution in [0.3, 0.4) is 0 Å². The average Bonchev–Trinajstić information content (AvgIpc) is 3.65. The minimum absolute atomic E-state index is 0. The van der Waals surface area contributed by atoms with Gasteiger partial charge in [0.15, 0.2) is 22.3 Å². The summed E-state index contributed by atoms with van der Waals surface area (Å²) in [5, 5.41) is 36.8. The van der Waals surface area contributed by atoms with Gasteiger partial charge in [-0.05, 0) is 37.1 Å². The van der Waals surface area contributed by atoms with Crippen molar-refractivity contribution in [2.45, 2.75) is 50.9 Å². The first-order chi connectivity index (χ1) is 30.1. The van der Waals surface area contributed by atoms with Gasteiger partial charge in [-0.1, -0.05) is 30.8 Å². The number of anilines is 3. The van der Waals surface area contributed by atoms with Crippen LogP contribution in [0.4, 0.5) is 23.3 Å². The molecule has 64 heavy (non-hydrogen) atoms. The standard InChI is InChI=1S/C19H19N7O6.C19H17N7O5.Y/c20-19-25-15-14(17(30)26-19)23-11(8-22-15)7-21-10-3-1-9(2-4-10)16(29)24-12(18(31)32)5-6-13(27)28;20-19-24-15-14(16(28)25-19)23-11(8-22-15)7-21-10-3-1-9(2-4-10)17(29)26-12(18(30)31)5-6-13(26)27;/h1-4,8,12,21H,5-7H2,(H,24,29)(H,27,28)(H,31,32)(H3,20,22,25,26,30);1-4,8,12H,5-7H2,(H5,20,21,22,24,25,28,29,30,31);/p-1/t2*12-;/m00./s1. The van der Waals surface area contributed by atoms with Crippen LogP contribution < -0.4 is 33.2 Å². The molecular weight excluding hydrogens is 917 g/mol. The van der Waals surface area contributed by atoms with Crippen molar-refractivity contribution in [3.05, 3.63) is 109 Å². The summed E-state index contributed by atoms with van der Waals surface area (Å²) in [7, 11) is 0. The topological polar surface area (TPSA) is 400 Å². The molecule has 1 saturated heterocycles. The summed E-state index contributed by atoms with van der Waals surface area (Å²) >= 11 is 0. The number of carbonyl (C=O) groups is 6. The van der Waals surface area contributed by atoms with Crippen LogP contribution >= 0.6 is 0 Å². The molecule has 1 fully saturated rings. The van der Waals surface area contributed by atoms with Crippen molar-refractivity contribution in [2.75, 3.05) is 16.8 Å². The number of amides is 3. The van der Waals surface area contributed by atoms with Crippen LogP contribution in [0.1, 0.15) is 57.8 Å². The normalized spacial score (nSPS) is 13.5. The monoisotopic (exact) mass is 952 g/mol. The van der Waals surface area contributed by atoms with E-state index in [9.17, 15) is 43.5 Å². The summed E-state index contributed by atoms with van der Waals surface area (Å²) in [5.74, 6) is -5.58. The fourth-order valence-electron chi connectivity index (χ4n) is 6.00. The number of rotatable bonds is 14. The quantitative estimate of drug-likeness (QED) is 0.0677. The summed E-state index contributed by atoms with van der Waals surface area (Å²) < 4.78 is 0. The first-order valence-corrected chi connectivity index (χ1v) is 18.5. The van der Waals surface area contributed by atoms with Crippen LogP contribution in [-0.2, 0) is 65.0 Å². The third kappa shape index (κ3) is 11.8. The first kappa shape index (κ1) is 47.3. The Bertz CT molecular complexity index is 2880. The van der Waals surface area contributed by atoms with Crippen LogP contribution in [0, 0.1) is 0 Å². The van der Waals surface area contributed by atoms with Crippen molar-refractivity contribution < 1.29 is 76.8 Å². The van der Waals surface area contributed by atoms with Crippen molar-refractivity contribution in [3.8, 4) is 0 Å². The van der Waals surface area contributed by atoms with E-state index in [1.54, 1.807) is 24.3 Å². The predicted molar refractivity (Wildman–Crippen MR) is 219 cm³/mol. The maximum absolute atomic E-state index is 12.6. The molecule has 327 valence electrons. The zero-order valence-corrected chi connectivity index (χ0v) is 35.9. The molecule has 0 bridgehead atoms. The number of imide groups is 1. The first-order valence-electron chi connectivity index (χ1n) is 18.5. The van der Waals surface area contributed by atoms with Crippen molar-refractivity contribution in [1.82, 2.24) is 50.1 Å². The van der Waals surface area contributed by atoms with E-state index in [0.29, 0.717) is 22.8 Å². The number of aliphatic carboxylic acids is 3. The number of nitrogen functional groups attached to an aromatic ring is 2. The SMILES string of the molecule is Nc1nc2ncc(CNc3ccc(C(=O)N[C@@H](CCC(=O)O)C(=O)O)cc3)nc2c(=O)[nH]1.Nc1nc2ncc(C[N-]c3ccc(C(=O)N4C(=O)CC[C@H]4C(=O)O)cc3)nc2c(=O)[nH]1.[Y]. The van der Waals surface area contributed by atoms with E-state index in [-0.39, 0.29) is 117 Å². The van der Waals surface area contributed by atoms with Crippen LogP contribution in [0.5, 0.6) is 0 Å². The summed E-state index contributed by atoms with van der Waals surface area (Å²) in [4.78, 5) is 124. The number of carbonyl (C=O) groups excluding carboxylic acids is 3. The molecule has 1 aliphatic heterocycles. The Balaban J connectivity index is 0.000000237. The number of aromatic nitrogens is 8. The molecule has 0 saturated carbocycles. The minimum atomic E-state index is -1.31. The van der Waals surface area contributed by atoms with Crippen LogP contribution in [0.25, 0.3) is 27.6 Å². The number of H-pyrrole nitrogens is 2. The Morgan fingerprint density at radius 2 is 1.36 bits per heavy atom. The van der Waals surface area contributed by atoms with E-state index in [1.165, 1.54) is 36.7 Å². The second-order valence-corrected chi connectivity index (χ2v) is 13.5. The van der Waals surface area contributed by atoms with Gasteiger partial charge in [0.2, 0.25) is 17.8 Å². The van der Waals surface area contributed by atoms with Gasteiger partial charge < -0.3 is 42.7 Å². The summed E-state index contributed by atoms with van der Waals surface area (Å²) in [6.07, 6.45) is 2.40. The Kier molecular flexibility index (Phi) is 15.4. The third-order valence-electron chi connectivity index (χ3n) is 9.10. The van der Waals surface area contributed by atoms with Gasteiger partial charge in [0.25, 0.3) is 22.9 Å². The number of nitrogens with two attached hydrogens (primary N) is 2. The summed E-state index contributed by atoms with van der Waals surface area (Å²) in [5.41, 5.74) is 12.7.